The highest BCUT2D eigenvalue weighted by molar-refractivity contribution is 7.12. The fourth-order valence-electron chi connectivity index (χ4n) is 3.30. The summed E-state index contributed by atoms with van der Waals surface area (Å²) in [6.45, 7) is 7.29. The van der Waals surface area contributed by atoms with E-state index >= 15 is 0 Å². The molecule has 0 saturated carbocycles. The number of carbonyl (C=O) groups is 2. The quantitative estimate of drug-likeness (QED) is 0.255. The first-order chi connectivity index (χ1) is 16.0. The van der Waals surface area contributed by atoms with E-state index < -0.39 is 23.8 Å². The number of benzene rings is 1. The average molecular weight is 488 g/mol. The summed E-state index contributed by atoms with van der Waals surface area (Å²) in [5.74, 6) is -0.578. The average Bonchev–Trinajstić information content (AvgIpc) is 3.56. The van der Waals surface area contributed by atoms with Gasteiger partial charge in [0, 0.05) is 6.42 Å². The lowest BCUT2D eigenvalue weighted by Crippen LogP contribution is -2.46. The summed E-state index contributed by atoms with van der Waals surface area (Å²) < 4.78 is 17.7. The number of para-hydroxylation sites is 1. The normalized spacial score (nSPS) is 12.4. The van der Waals surface area contributed by atoms with Crippen LogP contribution in [0.3, 0.4) is 0 Å². The number of esters is 2. The van der Waals surface area contributed by atoms with E-state index in [9.17, 15) is 9.59 Å². The Labute approximate surface area is 202 Å². The maximum atomic E-state index is 13.8. The summed E-state index contributed by atoms with van der Waals surface area (Å²) in [5, 5.41) is 3.70. The molecule has 1 aromatic carbocycles. The summed E-state index contributed by atoms with van der Waals surface area (Å²) in [4.78, 5) is 29.9. The van der Waals surface area contributed by atoms with E-state index in [1.54, 1.807) is 24.3 Å². The predicted octanol–water partition coefficient (Wildman–Crippen LogP) is 5.30. The monoisotopic (exact) mass is 487 g/mol. The molecular weight excluding hydrogens is 458 g/mol. The highest BCUT2D eigenvalue weighted by atomic mass is 32.1. The second-order valence-corrected chi connectivity index (χ2v) is 9.14. The van der Waals surface area contributed by atoms with E-state index in [1.165, 1.54) is 22.7 Å². The molecule has 0 saturated heterocycles. The molecule has 0 N–H and O–H groups in total. The molecule has 0 amide bonds. The number of thiophene rings is 2. The largest absolute Gasteiger partial charge is 0.455 e. The van der Waals surface area contributed by atoms with Crippen LogP contribution in [-0.2, 0) is 24.7 Å². The summed E-state index contributed by atoms with van der Waals surface area (Å²) in [6.07, 6.45) is -0.403. The van der Waals surface area contributed by atoms with Crippen molar-refractivity contribution >= 4 is 34.6 Å². The lowest BCUT2D eigenvalue weighted by Gasteiger charge is -2.32. The molecule has 6 nitrogen and oxygen atoms in total. The summed E-state index contributed by atoms with van der Waals surface area (Å²) >= 11 is 2.68. The number of nitrogens with zero attached hydrogens (tertiary/aromatic N) is 1. The Morgan fingerprint density at radius 1 is 0.909 bits per heavy atom. The molecular formula is C25H29NO5S2. The molecule has 8 heteroatoms. The molecule has 1 atom stereocenters. The smallest absolute Gasteiger partial charge is 0.365 e. The van der Waals surface area contributed by atoms with Crippen molar-refractivity contribution in [3.05, 3.63) is 75.1 Å². The van der Waals surface area contributed by atoms with Crippen LogP contribution in [0, 0.1) is 0 Å². The van der Waals surface area contributed by atoms with Crippen LogP contribution >= 0.6 is 22.7 Å². The number of carbonyl (C=O) groups excluding carboxylic acids is 2. The van der Waals surface area contributed by atoms with E-state index in [4.69, 9.17) is 14.2 Å². The molecule has 3 aromatic rings. The molecule has 2 aromatic heterocycles. The summed E-state index contributed by atoms with van der Waals surface area (Å²) in [7, 11) is 0. The van der Waals surface area contributed by atoms with Crippen LogP contribution in [0.5, 0.6) is 5.75 Å². The van der Waals surface area contributed by atoms with Crippen LogP contribution in [0.4, 0.5) is 0 Å². The highest BCUT2D eigenvalue weighted by Crippen LogP contribution is 2.41. The maximum Gasteiger partial charge on any atom is 0.365 e. The van der Waals surface area contributed by atoms with Gasteiger partial charge in [0.15, 0.2) is 0 Å². The second-order valence-electron chi connectivity index (χ2n) is 7.25. The van der Waals surface area contributed by atoms with Crippen molar-refractivity contribution in [1.82, 2.24) is 4.90 Å². The van der Waals surface area contributed by atoms with Gasteiger partial charge in [-0.3, -0.25) is 9.69 Å². The van der Waals surface area contributed by atoms with Gasteiger partial charge in [0.25, 0.3) is 5.60 Å². The van der Waals surface area contributed by atoms with Crippen molar-refractivity contribution in [2.75, 3.05) is 19.6 Å². The van der Waals surface area contributed by atoms with Crippen molar-refractivity contribution in [3.63, 3.8) is 0 Å². The van der Waals surface area contributed by atoms with Crippen molar-refractivity contribution in [3.8, 4) is 5.75 Å². The third kappa shape index (κ3) is 6.01. The second kappa shape index (κ2) is 12.0. The molecule has 0 bridgehead atoms. The Morgan fingerprint density at radius 3 is 2.00 bits per heavy atom. The SMILES string of the molecule is CCC(OC(=O)C(OC(=O)CN(CC)CC)(c1cccs1)c1cccs1)Oc1ccccc1. The van der Waals surface area contributed by atoms with E-state index in [-0.39, 0.29) is 6.54 Å². The molecule has 0 fully saturated rings. The fraction of sp³-hybridized carbons (Fsp3) is 0.360. The number of hydrogen-bond donors (Lipinski definition) is 0. The maximum absolute atomic E-state index is 13.8. The van der Waals surface area contributed by atoms with Gasteiger partial charge >= 0.3 is 11.9 Å². The van der Waals surface area contributed by atoms with Gasteiger partial charge < -0.3 is 14.2 Å². The molecule has 1 unspecified atom stereocenters. The first-order valence-electron chi connectivity index (χ1n) is 11.0. The van der Waals surface area contributed by atoms with Crippen LogP contribution in [-0.4, -0.2) is 42.8 Å². The Kier molecular flexibility index (Phi) is 9.05. The molecule has 0 aliphatic carbocycles. The topological polar surface area (TPSA) is 65.1 Å². The Bertz CT molecular complexity index is 951. The molecule has 0 radical (unpaired) electrons. The standard InChI is InChI=1S/C25H29NO5S2/c1-4-23(29-19-12-8-7-9-13-19)30-24(28)25(20-14-10-16-32-20,21-15-11-17-33-21)31-22(27)18-26(5-2)6-3/h7-17,23H,4-6,18H2,1-3H3. The third-order valence-corrected chi connectivity index (χ3v) is 7.06. The van der Waals surface area contributed by atoms with Gasteiger partial charge in [-0.25, -0.2) is 4.79 Å². The first-order valence-corrected chi connectivity index (χ1v) is 12.7. The van der Waals surface area contributed by atoms with Crippen LogP contribution in [0.1, 0.15) is 36.9 Å². The molecule has 176 valence electrons. The zero-order valence-electron chi connectivity index (χ0n) is 19.1. The van der Waals surface area contributed by atoms with Crippen LogP contribution in [0.25, 0.3) is 0 Å². The lowest BCUT2D eigenvalue weighted by molar-refractivity contribution is -0.192. The Hall–Kier alpha value is -2.68. The van der Waals surface area contributed by atoms with Crippen LogP contribution < -0.4 is 4.74 Å². The van der Waals surface area contributed by atoms with E-state index in [0.717, 1.165) is 0 Å². The van der Waals surface area contributed by atoms with Gasteiger partial charge in [-0.05, 0) is 48.1 Å². The number of likely N-dealkylation sites (N-methyl/N-ethyl adjacent to an activating group) is 1. The Morgan fingerprint density at radius 2 is 1.52 bits per heavy atom. The highest BCUT2D eigenvalue weighted by Gasteiger charge is 2.50. The third-order valence-electron chi connectivity index (χ3n) is 5.12. The van der Waals surface area contributed by atoms with Gasteiger partial charge in [0.1, 0.15) is 5.75 Å². The number of hydrogen-bond acceptors (Lipinski definition) is 8. The van der Waals surface area contributed by atoms with Crippen molar-refractivity contribution in [2.24, 2.45) is 0 Å². The van der Waals surface area contributed by atoms with E-state index in [1.807, 2.05) is 66.8 Å². The minimum atomic E-state index is -1.69. The molecule has 0 spiro atoms. The molecule has 2 heterocycles. The van der Waals surface area contributed by atoms with Gasteiger partial charge in [-0.2, -0.15) is 0 Å². The Balaban J connectivity index is 1.95. The number of rotatable bonds is 12. The van der Waals surface area contributed by atoms with E-state index in [2.05, 4.69) is 0 Å². The fourth-order valence-corrected chi connectivity index (χ4v) is 5.09. The number of ether oxygens (including phenoxy) is 3. The molecule has 3 rings (SSSR count). The van der Waals surface area contributed by atoms with Gasteiger partial charge in [0.2, 0.25) is 6.29 Å². The molecule has 33 heavy (non-hydrogen) atoms. The zero-order valence-corrected chi connectivity index (χ0v) is 20.7. The van der Waals surface area contributed by atoms with Crippen molar-refractivity contribution in [1.29, 1.82) is 0 Å². The minimum Gasteiger partial charge on any atom is -0.455 e. The zero-order chi connectivity index (χ0) is 23.7. The van der Waals surface area contributed by atoms with Gasteiger partial charge in [-0.15, -0.1) is 22.7 Å². The molecule has 0 aliphatic heterocycles. The first kappa shape index (κ1) is 25.0. The predicted molar refractivity (Wildman–Crippen MR) is 131 cm³/mol. The van der Waals surface area contributed by atoms with E-state index in [0.29, 0.717) is 35.0 Å². The van der Waals surface area contributed by atoms with Gasteiger partial charge in [0.05, 0.1) is 16.3 Å². The van der Waals surface area contributed by atoms with Crippen LogP contribution in [0.15, 0.2) is 65.4 Å². The summed E-state index contributed by atoms with van der Waals surface area (Å²) in [6, 6.07) is 16.4. The van der Waals surface area contributed by atoms with Crippen LogP contribution in [0.2, 0.25) is 0 Å². The lowest BCUT2D eigenvalue weighted by atomic mass is 9.99. The van der Waals surface area contributed by atoms with Crippen molar-refractivity contribution in [2.45, 2.75) is 39.1 Å². The summed E-state index contributed by atoms with van der Waals surface area (Å²) in [5.41, 5.74) is -1.69. The minimum absolute atomic E-state index is 0.0799. The van der Waals surface area contributed by atoms with Gasteiger partial charge in [-0.1, -0.05) is 51.1 Å². The van der Waals surface area contributed by atoms with Crippen molar-refractivity contribution < 1.29 is 23.8 Å². The molecule has 0 aliphatic rings.